The van der Waals surface area contributed by atoms with E-state index in [9.17, 15) is 14.4 Å². The van der Waals surface area contributed by atoms with Gasteiger partial charge in [-0.15, -0.1) is 0 Å². The van der Waals surface area contributed by atoms with Crippen LogP contribution in [0.25, 0.3) is 0 Å². The monoisotopic (exact) mass is 440 g/mol. The van der Waals surface area contributed by atoms with Gasteiger partial charge in [0.1, 0.15) is 12.1 Å². The number of halogens is 1. The van der Waals surface area contributed by atoms with Gasteiger partial charge in [0.25, 0.3) is 11.8 Å². The molecule has 0 saturated carbocycles. The van der Waals surface area contributed by atoms with E-state index in [1.807, 2.05) is 30.3 Å². The van der Waals surface area contributed by atoms with Crippen LogP contribution >= 0.6 is 11.6 Å². The van der Waals surface area contributed by atoms with Gasteiger partial charge in [0, 0.05) is 36.4 Å². The molecule has 2 saturated heterocycles. The number of benzene rings is 2. The van der Waals surface area contributed by atoms with Crippen LogP contribution in [0.5, 0.6) is 0 Å². The summed E-state index contributed by atoms with van der Waals surface area (Å²) in [6.45, 7) is 1.27. The smallest absolute Gasteiger partial charge is 0.253 e. The topological polar surface area (TPSA) is 73.0 Å². The van der Waals surface area contributed by atoms with Crippen molar-refractivity contribution in [2.75, 3.05) is 38.3 Å². The second-order valence-electron chi connectivity index (χ2n) is 7.92. The third-order valence-electron chi connectivity index (χ3n) is 6.14. The van der Waals surface area contributed by atoms with Gasteiger partial charge >= 0.3 is 0 Å². The zero-order valence-electron chi connectivity index (χ0n) is 17.4. The average Bonchev–Trinajstić information content (AvgIpc) is 3.05. The number of carbonyl (C=O) groups excluding carboxylic acids is 3. The number of para-hydroxylation sites is 1. The Bertz CT molecular complexity index is 989. The molecule has 1 spiro atoms. The first kappa shape index (κ1) is 21.2. The number of nitrogens with zero attached hydrogens (tertiary/aromatic N) is 3. The van der Waals surface area contributed by atoms with Crippen molar-refractivity contribution in [2.45, 2.75) is 18.4 Å². The predicted molar refractivity (Wildman–Crippen MR) is 119 cm³/mol. The molecule has 2 fully saturated rings. The second kappa shape index (κ2) is 8.59. The highest BCUT2D eigenvalue weighted by Crippen LogP contribution is 2.39. The Labute approximate surface area is 186 Å². The summed E-state index contributed by atoms with van der Waals surface area (Å²) in [5.41, 5.74) is 0.716. The lowest BCUT2D eigenvalue weighted by molar-refractivity contribution is -0.137. The number of piperidine rings is 1. The van der Waals surface area contributed by atoms with Crippen LogP contribution in [0.2, 0.25) is 5.02 Å². The highest BCUT2D eigenvalue weighted by Gasteiger charge is 2.54. The summed E-state index contributed by atoms with van der Waals surface area (Å²) in [6, 6.07) is 16.7. The molecule has 0 bridgehead atoms. The van der Waals surface area contributed by atoms with Crippen molar-refractivity contribution in [1.82, 2.24) is 15.1 Å². The Morgan fingerprint density at radius 1 is 1.06 bits per heavy atom. The molecular formula is C23H25ClN4O3. The number of likely N-dealkylation sites (N-methyl/N-ethyl adjacent to an activating group) is 1. The normalized spacial score (nSPS) is 17.9. The van der Waals surface area contributed by atoms with Gasteiger partial charge in [0.15, 0.2) is 0 Å². The van der Waals surface area contributed by atoms with Gasteiger partial charge in [-0.25, -0.2) is 0 Å². The standard InChI is InChI=1S/C23H25ClN4O3/c1-25-20(29)15-27-16-28(19-8-3-2-4-9-19)23(22(27)31)10-12-26(13-11-23)21(30)17-6-5-7-18(24)14-17/h2-9,14H,10-13,15-16H2,1H3,(H,25,29). The maximum absolute atomic E-state index is 13.5. The summed E-state index contributed by atoms with van der Waals surface area (Å²) in [4.78, 5) is 43.9. The number of likely N-dealkylation sites (tertiary alicyclic amines) is 1. The molecule has 2 aromatic carbocycles. The maximum atomic E-state index is 13.5. The fraction of sp³-hybridized carbons (Fsp3) is 0.348. The first-order valence-electron chi connectivity index (χ1n) is 10.3. The molecule has 0 atom stereocenters. The van der Waals surface area contributed by atoms with E-state index in [1.165, 1.54) is 0 Å². The van der Waals surface area contributed by atoms with Crippen LogP contribution in [-0.4, -0.2) is 66.4 Å². The minimum absolute atomic E-state index is 0.0194. The third-order valence-corrected chi connectivity index (χ3v) is 6.38. The Balaban J connectivity index is 1.57. The molecule has 31 heavy (non-hydrogen) atoms. The third kappa shape index (κ3) is 3.97. The number of hydrogen-bond acceptors (Lipinski definition) is 4. The lowest BCUT2D eigenvalue weighted by Crippen LogP contribution is -2.57. The molecule has 2 heterocycles. The first-order chi connectivity index (χ1) is 14.9. The highest BCUT2D eigenvalue weighted by atomic mass is 35.5. The number of hydrogen-bond donors (Lipinski definition) is 1. The van der Waals surface area contributed by atoms with Crippen LogP contribution < -0.4 is 10.2 Å². The second-order valence-corrected chi connectivity index (χ2v) is 8.35. The lowest BCUT2D eigenvalue weighted by Gasteiger charge is -2.43. The van der Waals surface area contributed by atoms with Crippen LogP contribution in [-0.2, 0) is 9.59 Å². The van der Waals surface area contributed by atoms with Crippen molar-refractivity contribution in [3.8, 4) is 0 Å². The van der Waals surface area contributed by atoms with Crippen molar-refractivity contribution >= 4 is 35.0 Å². The minimum Gasteiger partial charge on any atom is -0.358 e. The summed E-state index contributed by atoms with van der Waals surface area (Å²) in [5.74, 6) is -0.349. The van der Waals surface area contributed by atoms with Gasteiger partial charge in [-0.1, -0.05) is 35.9 Å². The summed E-state index contributed by atoms with van der Waals surface area (Å²) < 4.78 is 0. The molecule has 2 aromatic rings. The van der Waals surface area contributed by atoms with Crippen molar-refractivity contribution in [2.24, 2.45) is 0 Å². The van der Waals surface area contributed by atoms with E-state index in [-0.39, 0.29) is 24.3 Å². The molecule has 2 aliphatic heterocycles. The Kier molecular flexibility index (Phi) is 5.87. The van der Waals surface area contributed by atoms with E-state index in [1.54, 1.807) is 41.1 Å². The van der Waals surface area contributed by atoms with Gasteiger partial charge in [-0.3, -0.25) is 14.4 Å². The number of nitrogens with one attached hydrogen (secondary N) is 1. The Hall–Kier alpha value is -3.06. The number of rotatable bonds is 4. The van der Waals surface area contributed by atoms with Crippen molar-refractivity contribution in [1.29, 1.82) is 0 Å². The molecule has 0 aromatic heterocycles. The lowest BCUT2D eigenvalue weighted by atomic mass is 9.85. The van der Waals surface area contributed by atoms with E-state index < -0.39 is 5.54 Å². The van der Waals surface area contributed by atoms with Crippen LogP contribution in [0.15, 0.2) is 54.6 Å². The van der Waals surface area contributed by atoms with Gasteiger partial charge in [0.2, 0.25) is 5.91 Å². The molecule has 3 amide bonds. The van der Waals surface area contributed by atoms with Crippen LogP contribution in [0.1, 0.15) is 23.2 Å². The summed E-state index contributed by atoms with van der Waals surface area (Å²) in [6.07, 6.45) is 0.995. The Morgan fingerprint density at radius 2 is 1.77 bits per heavy atom. The van der Waals surface area contributed by atoms with Crippen molar-refractivity contribution in [3.05, 3.63) is 65.2 Å². The summed E-state index contributed by atoms with van der Waals surface area (Å²) in [5, 5.41) is 3.11. The average molecular weight is 441 g/mol. The van der Waals surface area contributed by atoms with Gasteiger partial charge in [-0.2, -0.15) is 0 Å². The largest absolute Gasteiger partial charge is 0.358 e. The van der Waals surface area contributed by atoms with Crippen LogP contribution in [0.3, 0.4) is 0 Å². The fourth-order valence-electron chi connectivity index (χ4n) is 4.46. The zero-order chi connectivity index (χ0) is 22.0. The Morgan fingerprint density at radius 3 is 2.42 bits per heavy atom. The van der Waals surface area contributed by atoms with E-state index in [0.29, 0.717) is 43.2 Å². The maximum Gasteiger partial charge on any atom is 0.253 e. The molecule has 162 valence electrons. The van der Waals surface area contributed by atoms with E-state index in [0.717, 1.165) is 5.69 Å². The summed E-state index contributed by atoms with van der Waals surface area (Å²) in [7, 11) is 1.56. The van der Waals surface area contributed by atoms with Crippen molar-refractivity contribution in [3.63, 3.8) is 0 Å². The van der Waals surface area contributed by atoms with Gasteiger partial charge < -0.3 is 20.0 Å². The van der Waals surface area contributed by atoms with Crippen LogP contribution in [0.4, 0.5) is 5.69 Å². The van der Waals surface area contributed by atoms with Crippen molar-refractivity contribution < 1.29 is 14.4 Å². The molecule has 4 rings (SSSR count). The SMILES string of the molecule is CNC(=O)CN1CN(c2ccccc2)C2(CCN(C(=O)c3cccc(Cl)c3)CC2)C1=O. The highest BCUT2D eigenvalue weighted by molar-refractivity contribution is 6.30. The van der Waals surface area contributed by atoms with E-state index in [4.69, 9.17) is 11.6 Å². The van der Waals surface area contributed by atoms with E-state index in [2.05, 4.69) is 10.2 Å². The number of amides is 3. The number of carbonyl (C=O) groups is 3. The molecule has 0 unspecified atom stereocenters. The van der Waals surface area contributed by atoms with Crippen LogP contribution in [0, 0.1) is 0 Å². The minimum atomic E-state index is -0.763. The summed E-state index contributed by atoms with van der Waals surface area (Å²) >= 11 is 6.04. The molecular weight excluding hydrogens is 416 g/mol. The number of anilines is 1. The molecule has 2 aliphatic rings. The molecule has 0 aliphatic carbocycles. The zero-order valence-corrected chi connectivity index (χ0v) is 18.1. The quantitative estimate of drug-likeness (QED) is 0.792. The fourth-order valence-corrected chi connectivity index (χ4v) is 4.65. The van der Waals surface area contributed by atoms with E-state index >= 15 is 0 Å². The predicted octanol–water partition coefficient (Wildman–Crippen LogP) is 2.37. The molecule has 1 N–H and O–H groups in total. The van der Waals surface area contributed by atoms with Gasteiger partial charge in [0.05, 0.1) is 6.67 Å². The molecule has 7 nitrogen and oxygen atoms in total. The van der Waals surface area contributed by atoms with Gasteiger partial charge in [-0.05, 0) is 43.2 Å². The molecule has 0 radical (unpaired) electrons. The molecule has 8 heteroatoms. The first-order valence-corrected chi connectivity index (χ1v) is 10.7.